The first-order valence-electron chi connectivity index (χ1n) is 15.7. The lowest BCUT2D eigenvalue weighted by atomic mass is 9.83. The minimum absolute atomic E-state index is 0.0685. The number of aliphatic hydroxyl groups excluding tert-OH is 1. The van der Waals surface area contributed by atoms with Gasteiger partial charge < -0.3 is 24.7 Å². The number of amides is 2. The highest BCUT2D eigenvalue weighted by atomic mass is 16.5. The normalized spacial score (nSPS) is 19.2. The minimum Gasteiger partial charge on any atom is -0.497 e. The molecule has 10 nitrogen and oxygen atoms in total. The van der Waals surface area contributed by atoms with Crippen LogP contribution >= 0.6 is 0 Å². The van der Waals surface area contributed by atoms with Crippen molar-refractivity contribution in [1.29, 1.82) is 0 Å². The van der Waals surface area contributed by atoms with Gasteiger partial charge in [0.25, 0.3) is 5.91 Å². The Morgan fingerprint density at radius 3 is 2.54 bits per heavy atom. The number of aryl methyl sites for hydroxylation is 1. The van der Waals surface area contributed by atoms with Gasteiger partial charge in [-0.3, -0.25) is 14.3 Å². The van der Waals surface area contributed by atoms with Gasteiger partial charge in [0.2, 0.25) is 5.91 Å². The predicted molar refractivity (Wildman–Crippen MR) is 174 cm³/mol. The van der Waals surface area contributed by atoms with Crippen LogP contribution in [0.2, 0.25) is 0 Å². The Balaban J connectivity index is 1.15. The minimum atomic E-state index is -1.78. The first-order valence-corrected chi connectivity index (χ1v) is 15.7. The van der Waals surface area contributed by atoms with E-state index in [0.29, 0.717) is 42.1 Å². The molecular formula is C36H39N5O5. The number of aromatic nitrogens is 3. The Morgan fingerprint density at radius 2 is 1.85 bits per heavy atom. The summed E-state index contributed by atoms with van der Waals surface area (Å²) in [4.78, 5) is 29.6. The van der Waals surface area contributed by atoms with E-state index in [2.05, 4.69) is 10.3 Å². The van der Waals surface area contributed by atoms with E-state index in [-0.39, 0.29) is 25.0 Å². The van der Waals surface area contributed by atoms with Crippen molar-refractivity contribution in [2.45, 2.75) is 50.8 Å². The third-order valence-corrected chi connectivity index (χ3v) is 9.04. The summed E-state index contributed by atoms with van der Waals surface area (Å²) in [6.45, 7) is 3.31. The molecule has 0 saturated carbocycles. The first kappa shape index (κ1) is 31.2. The van der Waals surface area contributed by atoms with Crippen molar-refractivity contribution >= 4 is 23.2 Å². The lowest BCUT2D eigenvalue weighted by Gasteiger charge is -2.28. The molecule has 46 heavy (non-hydrogen) atoms. The molecule has 3 aromatic carbocycles. The number of hydrogen-bond donors (Lipinski definition) is 2. The number of methoxy groups -OCH3 is 1. The number of ether oxygens (including phenoxy) is 1. The lowest BCUT2D eigenvalue weighted by molar-refractivity contribution is -0.139. The molecule has 1 saturated heterocycles. The second-order valence-electron chi connectivity index (χ2n) is 11.9. The summed E-state index contributed by atoms with van der Waals surface area (Å²) in [6, 6.07) is 22.7. The molecule has 1 fully saturated rings. The molecule has 2 N–H and O–H groups in total. The standard InChI is InChI=1S/C36H39N5O5/c1-25(9-6-7-19-39-23-32(37-38-39)30(24-42)27-10-4-3-5-11-27)36(45)31-21-29(46-2)17-18-33(31)41(35(36)44)22-26-13-15-28(16-14-26)40-20-8-12-34(40)43/h3-6,9-11,13-18,21,23,25,30,42,45H,7-8,12,19-20,22,24H2,1-2H3/b9-6+/t25-,30?,36+/m0/s1. The molecule has 6 rings (SSSR count). The largest absolute Gasteiger partial charge is 0.497 e. The van der Waals surface area contributed by atoms with Gasteiger partial charge >= 0.3 is 0 Å². The quantitative estimate of drug-likeness (QED) is 0.223. The Kier molecular flexibility index (Phi) is 9.01. The van der Waals surface area contributed by atoms with Crippen LogP contribution in [0.1, 0.15) is 54.5 Å². The summed E-state index contributed by atoms with van der Waals surface area (Å²) >= 11 is 0. The first-order chi connectivity index (χ1) is 22.3. The van der Waals surface area contributed by atoms with Crippen molar-refractivity contribution in [2.24, 2.45) is 5.92 Å². The van der Waals surface area contributed by atoms with Gasteiger partial charge in [0.15, 0.2) is 5.60 Å². The molecule has 0 spiro atoms. The van der Waals surface area contributed by atoms with E-state index in [1.54, 1.807) is 33.7 Å². The number of nitrogens with zero attached hydrogens (tertiary/aromatic N) is 5. The highest BCUT2D eigenvalue weighted by Crippen LogP contribution is 2.47. The highest BCUT2D eigenvalue weighted by Gasteiger charge is 2.52. The van der Waals surface area contributed by atoms with Gasteiger partial charge in [0.1, 0.15) is 5.75 Å². The molecule has 2 amide bonds. The Hall–Kier alpha value is -4.80. The van der Waals surface area contributed by atoms with Gasteiger partial charge in [0.05, 0.1) is 37.6 Å². The number of allylic oxidation sites excluding steroid dienone is 1. The molecular weight excluding hydrogens is 582 g/mol. The molecule has 0 aliphatic carbocycles. The number of rotatable bonds is 12. The Labute approximate surface area is 268 Å². The number of carbonyl (C=O) groups excluding carboxylic acids is 2. The third-order valence-electron chi connectivity index (χ3n) is 9.04. The van der Waals surface area contributed by atoms with Gasteiger partial charge in [-0.25, -0.2) is 0 Å². The Morgan fingerprint density at radius 1 is 1.07 bits per heavy atom. The van der Waals surface area contributed by atoms with Crippen molar-refractivity contribution in [3.8, 4) is 5.75 Å². The summed E-state index contributed by atoms with van der Waals surface area (Å²) in [7, 11) is 1.56. The summed E-state index contributed by atoms with van der Waals surface area (Å²) in [6.07, 6.45) is 7.68. The Bertz CT molecular complexity index is 1720. The number of anilines is 2. The average molecular weight is 622 g/mol. The summed E-state index contributed by atoms with van der Waals surface area (Å²) in [5.74, 6) is -0.505. The zero-order chi connectivity index (χ0) is 32.3. The van der Waals surface area contributed by atoms with E-state index in [4.69, 9.17) is 4.74 Å². The molecule has 0 bridgehead atoms. The second-order valence-corrected chi connectivity index (χ2v) is 11.9. The van der Waals surface area contributed by atoms with Crippen LogP contribution in [0.25, 0.3) is 0 Å². The van der Waals surface area contributed by atoms with Crippen LogP contribution in [0.15, 0.2) is 91.1 Å². The van der Waals surface area contributed by atoms with Crippen LogP contribution in [0, 0.1) is 5.92 Å². The molecule has 2 aliphatic rings. The van der Waals surface area contributed by atoms with E-state index in [0.717, 1.165) is 29.8 Å². The molecule has 1 unspecified atom stereocenters. The number of fused-ring (bicyclic) bond motifs is 1. The van der Waals surface area contributed by atoms with E-state index in [1.165, 1.54) is 0 Å². The highest BCUT2D eigenvalue weighted by molar-refractivity contribution is 6.07. The molecule has 4 aromatic rings. The van der Waals surface area contributed by atoms with Crippen LogP contribution in [0.5, 0.6) is 5.75 Å². The zero-order valence-corrected chi connectivity index (χ0v) is 26.1. The van der Waals surface area contributed by atoms with Crippen LogP contribution < -0.4 is 14.5 Å². The number of carbonyl (C=O) groups is 2. The number of benzene rings is 3. The maximum Gasteiger partial charge on any atom is 0.264 e. The second kappa shape index (κ2) is 13.3. The van der Waals surface area contributed by atoms with Gasteiger partial charge in [-0.05, 0) is 54.3 Å². The maximum atomic E-state index is 14.0. The lowest BCUT2D eigenvalue weighted by Crippen LogP contribution is -2.44. The van der Waals surface area contributed by atoms with Crippen LogP contribution in [0.3, 0.4) is 0 Å². The van der Waals surface area contributed by atoms with E-state index in [9.17, 15) is 19.8 Å². The van der Waals surface area contributed by atoms with Crippen LogP contribution in [-0.2, 0) is 28.3 Å². The fraction of sp³-hybridized carbons (Fsp3) is 0.333. The summed E-state index contributed by atoms with van der Waals surface area (Å²) in [5, 5.41) is 30.6. The SMILES string of the molecule is COc1ccc2c(c1)[C@](O)([C@@H](C)/C=C/CCn1cc(C(CO)c3ccccc3)nn1)C(=O)N2Cc1ccc(N2CCCC2=O)cc1. The van der Waals surface area contributed by atoms with Crippen molar-refractivity contribution in [3.05, 3.63) is 114 Å². The zero-order valence-electron chi connectivity index (χ0n) is 26.1. The van der Waals surface area contributed by atoms with Crippen LogP contribution in [0.4, 0.5) is 11.4 Å². The molecule has 3 heterocycles. The molecule has 3 atom stereocenters. The van der Waals surface area contributed by atoms with E-state index in [1.807, 2.05) is 85.9 Å². The van der Waals surface area contributed by atoms with E-state index < -0.39 is 17.4 Å². The molecule has 2 aliphatic heterocycles. The summed E-state index contributed by atoms with van der Waals surface area (Å²) < 4.78 is 7.19. The van der Waals surface area contributed by atoms with Gasteiger partial charge in [-0.2, -0.15) is 0 Å². The predicted octanol–water partition coefficient (Wildman–Crippen LogP) is 4.55. The smallest absolute Gasteiger partial charge is 0.264 e. The fourth-order valence-corrected chi connectivity index (χ4v) is 6.38. The van der Waals surface area contributed by atoms with Crippen LogP contribution in [-0.4, -0.2) is 57.3 Å². The maximum absolute atomic E-state index is 14.0. The fourth-order valence-electron chi connectivity index (χ4n) is 6.38. The number of aliphatic hydroxyl groups is 2. The monoisotopic (exact) mass is 621 g/mol. The molecule has 10 heteroatoms. The van der Waals surface area contributed by atoms with E-state index >= 15 is 0 Å². The van der Waals surface area contributed by atoms with Gasteiger partial charge in [0, 0.05) is 42.9 Å². The third kappa shape index (κ3) is 5.93. The van der Waals surface area contributed by atoms with Gasteiger partial charge in [-0.1, -0.05) is 66.8 Å². The molecule has 238 valence electrons. The van der Waals surface area contributed by atoms with Crippen molar-refractivity contribution in [3.63, 3.8) is 0 Å². The molecule has 1 aromatic heterocycles. The van der Waals surface area contributed by atoms with Crippen molar-refractivity contribution < 1.29 is 24.5 Å². The topological polar surface area (TPSA) is 121 Å². The van der Waals surface area contributed by atoms with Crippen molar-refractivity contribution in [2.75, 3.05) is 30.1 Å². The van der Waals surface area contributed by atoms with Crippen molar-refractivity contribution in [1.82, 2.24) is 15.0 Å². The average Bonchev–Trinajstić information content (AvgIpc) is 3.79. The number of hydrogen-bond acceptors (Lipinski definition) is 7. The summed E-state index contributed by atoms with van der Waals surface area (Å²) in [5.41, 5.74) is 2.77. The molecule has 0 radical (unpaired) electrons. The van der Waals surface area contributed by atoms with Gasteiger partial charge in [-0.15, -0.1) is 5.10 Å².